The van der Waals surface area contributed by atoms with E-state index in [4.69, 9.17) is 4.74 Å². The number of aromatic nitrogens is 1. The number of nitrogens with one attached hydrogen (secondary N) is 1. The minimum absolute atomic E-state index is 0.0520. The number of nitrogens with zero attached hydrogens (tertiary/aromatic N) is 1. The van der Waals surface area contributed by atoms with Gasteiger partial charge in [0.2, 0.25) is 11.8 Å². The fourth-order valence-corrected chi connectivity index (χ4v) is 1.82. The van der Waals surface area contributed by atoms with Gasteiger partial charge < -0.3 is 10.1 Å². The molecule has 0 fully saturated rings. The molecule has 0 saturated heterocycles. The van der Waals surface area contributed by atoms with Crippen LogP contribution in [0.2, 0.25) is 0 Å². The van der Waals surface area contributed by atoms with E-state index in [1.165, 1.54) is 30.3 Å². The van der Waals surface area contributed by atoms with Crippen molar-refractivity contribution >= 4 is 5.69 Å². The first-order valence-corrected chi connectivity index (χ1v) is 5.95. The summed E-state index contributed by atoms with van der Waals surface area (Å²) in [5, 5.41) is 2.83. The molecule has 2 rings (SSSR count). The van der Waals surface area contributed by atoms with Crippen molar-refractivity contribution in [2.24, 2.45) is 0 Å². The Morgan fingerprint density at radius 3 is 2.60 bits per heavy atom. The summed E-state index contributed by atoms with van der Waals surface area (Å²) < 4.78 is 44.2. The standard InChI is InChI=1S/C14H13F3N2O/c1-18-11-5-2-4-9(14(16)17)10(11)8-20-13-7-3-6-12(15)19-13/h2-7,14,18H,8H2,1H3. The van der Waals surface area contributed by atoms with Crippen LogP contribution < -0.4 is 10.1 Å². The number of anilines is 1. The fraction of sp³-hybridized carbons (Fsp3) is 0.214. The summed E-state index contributed by atoms with van der Waals surface area (Å²) in [4.78, 5) is 3.52. The summed E-state index contributed by atoms with van der Waals surface area (Å²) in [7, 11) is 1.63. The van der Waals surface area contributed by atoms with Gasteiger partial charge in [-0.1, -0.05) is 18.2 Å². The molecule has 2 aromatic rings. The average molecular weight is 282 g/mol. The SMILES string of the molecule is CNc1cccc(C(F)F)c1COc1cccc(F)n1. The van der Waals surface area contributed by atoms with Crippen molar-refractivity contribution in [3.05, 3.63) is 53.5 Å². The summed E-state index contributed by atoms with van der Waals surface area (Å²) in [5.74, 6) is -0.630. The highest BCUT2D eigenvalue weighted by Gasteiger charge is 2.16. The molecule has 6 heteroatoms. The molecule has 0 aliphatic rings. The van der Waals surface area contributed by atoms with E-state index in [1.807, 2.05) is 0 Å². The first kappa shape index (κ1) is 14.2. The third-order valence-corrected chi connectivity index (χ3v) is 2.77. The summed E-state index contributed by atoms with van der Waals surface area (Å²) >= 11 is 0. The van der Waals surface area contributed by atoms with Crippen LogP contribution in [0, 0.1) is 5.95 Å². The summed E-state index contributed by atoms with van der Waals surface area (Å²) in [5.41, 5.74) is 0.753. The Kier molecular flexibility index (Phi) is 4.45. The number of rotatable bonds is 5. The summed E-state index contributed by atoms with van der Waals surface area (Å²) in [6, 6.07) is 8.63. The Hall–Kier alpha value is -2.24. The van der Waals surface area contributed by atoms with Crippen LogP contribution >= 0.6 is 0 Å². The number of hydrogen-bond acceptors (Lipinski definition) is 3. The number of halogens is 3. The topological polar surface area (TPSA) is 34.1 Å². The monoisotopic (exact) mass is 282 g/mol. The number of benzene rings is 1. The van der Waals surface area contributed by atoms with Crippen molar-refractivity contribution in [1.29, 1.82) is 0 Å². The van der Waals surface area contributed by atoms with Gasteiger partial charge in [0, 0.05) is 29.9 Å². The van der Waals surface area contributed by atoms with E-state index < -0.39 is 12.4 Å². The second-order valence-corrected chi connectivity index (χ2v) is 4.01. The largest absolute Gasteiger partial charge is 0.473 e. The molecule has 0 spiro atoms. The molecular weight excluding hydrogens is 269 g/mol. The first-order valence-electron chi connectivity index (χ1n) is 5.95. The molecule has 0 unspecified atom stereocenters. The lowest BCUT2D eigenvalue weighted by molar-refractivity contribution is 0.148. The van der Waals surface area contributed by atoms with Crippen LogP contribution in [0.25, 0.3) is 0 Å². The quantitative estimate of drug-likeness (QED) is 0.847. The molecule has 3 nitrogen and oxygen atoms in total. The lowest BCUT2D eigenvalue weighted by Crippen LogP contribution is -2.06. The lowest BCUT2D eigenvalue weighted by atomic mass is 10.1. The van der Waals surface area contributed by atoms with Crippen LogP contribution in [-0.2, 0) is 6.61 Å². The second kappa shape index (κ2) is 6.27. The van der Waals surface area contributed by atoms with Gasteiger partial charge in [-0.05, 0) is 12.1 Å². The minimum atomic E-state index is -2.61. The maximum absolute atomic E-state index is 13.0. The van der Waals surface area contributed by atoms with Crippen molar-refractivity contribution in [3.63, 3.8) is 0 Å². The van der Waals surface area contributed by atoms with Crippen molar-refractivity contribution < 1.29 is 17.9 Å². The highest BCUT2D eigenvalue weighted by molar-refractivity contribution is 5.54. The van der Waals surface area contributed by atoms with Crippen molar-refractivity contribution in [1.82, 2.24) is 4.98 Å². The zero-order chi connectivity index (χ0) is 14.5. The van der Waals surface area contributed by atoms with Gasteiger partial charge in [-0.15, -0.1) is 0 Å². The van der Waals surface area contributed by atoms with Crippen LogP contribution in [0.4, 0.5) is 18.9 Å². The summed E-state index contributed by atoms with van der Waals surface area (Å²) in [6.07, 6.45) is -2.61. The molecule has 1 heterocycles. The smallest absolute Gasteiger partial charge is 0.264 e. The number of alkyl halides is 2. The van der Waals surface area contributed by atoms with Crippen molar-refractivity contribution in [3.8, 4) is 5.88 Å². The summed E-state index contributed by atoms with van der Waals surface area (Å²) in [6.45, 7) is -0.118. The Morgan fingerprint density at radius 2 is 1.95 bits per heavy atom. The molecule has 0 atom stereocenters. The first-order chi connectivity index (χ1) is 9.61. The molecule has 1 N–H and O–H groups in total. The van der Waals surface area contributed by atoms with Gasteiger partial charge >= 0.3 is 0 Å². The van der Waals surface area contributed by atoms with E-state index in [0.717, 1.165) is 0 Å². The third-order valence-electron chi connectivity index (χ3n) is 2.77. The molecule has 0 saturated carbocycles. The number of pyridine rings is 1. The average Bonchev–Trinajstić information content (AvgIpc) is 2.44. The Labute approximate surface area is 114 Å². The second-order valence-electron chi connectivity index (χ2n) is 4.01. The molecule has 0 aliphatic heterocycles. The van der Waals surface area contributed by atoms with Gasteiger partial charge in [-0.25, -0.2) is 8.78 Å². The van der Waals surface area contributed by atoms with E-state index in [0.29, 0.717) is 11.3 Å². The van der Waals surface area contributed by atoms with Gasteiger partial charge in [-0.3, -0.25) is 0 Å². The number of hydrogen-bond donors (Lipinski definition) is 1. The van der Waals surface area contributed by atoms with Crippen LogP contribution in [-0.4, -0.2) is 12.0 Å². The third kappa shape index (κ3) is 3.20. The maximum atomic E-state index is 13.0. The Balaban J connectivity index is 2.24. The lowest BCUT2D eigenvalue weighted by Gasteiger charge is -2.14. The molecule has 106 valence electrons. The van der Waals surface area contributed by atoms with Gasteiger partial charge in [0.15, 0.2) is 0 Å². The van der Waals surface area contributed by atoms with E-state index in [2.05, 4.69) is 10.3 Å². The molecule has 0 bridgehead atoms. The van der Waals surface area contributed by atoms with Gasteiger partial charge in [0.05, 0.1) is 0 Å². The highest BCUT2D eigenvalue weighted by atomic mass is 19.3. The van der Waals surface area contributed by atoms with Crippen molar-refractivity contribution in [2.45, 2.75) is 13.0 Å². The fourth-order valence-electron chi connectivity index (χ4n) is 1.82. The zero-order valence-corrected chi connectivity index (χ0v) is 10.7. The molecule has 0 amide bonds. The molecule has 20 heavy (non-hydrogen) atoms. The molecular formula is C14H13F3N2O. The van der Waals surface area contributed by atoms with Crippen LogP contribution in [0.1, 0.15) is 17.6 Å². The zero-order valence-electron chi connectivity index (χ0n) is 10.7. The molecule has 1 aromatic carbocycles. The van der Waals surface area contributed by atoms with E-state index in [1.54, 1.807) is 13.1 Å². The normalized spacial score (nSPS) is 10.7. The van der Waals surface area contributed by atoms with Gasteiger partial charge in [-0.2, -0.15) is 9.37 Å². The predicted octanol–water partition coefficient (Wildman–Crippen LogP) is 3.78. The van der Waals surface area contributed by atoms with E-state index in [-0.39, 0.29) is 18.1 Å². The van der Waals surface area contributed by atoms with E-state index >= 15 is 0 Å². The van der Waals surface area contributed by atoms with Gasteiger partial charge in [0.1, 0.15) is 6.61 Å². The predicted molar refractivity (Wildman–Crippen MR) is 69.5 cm³/mol. The minimum Gasteiger partial charge on any atom is -0.473 e. The van der Waals surface area contributed by atoms with E-state index in [9.17, 15) is 13.2 Å². The molecule has 0 aliphatic carbocycles. The van der Waals surface area contributed by atoms with Crippen molar-refractivity contribution in [2.75, 3.05) is 12.4 Å². The number of ether oxygens (including phenoxy) is 1. The van der Waals surface area contributed by atoms with Crippen LogP contribution in [0.3, 0.4) is 0 Å². The van der Waals surface area contributed by atoms with Crippen LogP contribution in [0.15, 0.2) is 36.4 Å². The molecule has 0 radical (unpaired) electrons. The van der Waals surface area contributed by atoms with Crippen LogP contribution in [0.5, 0.6) is 5.88 Å². The Bertz CT molecular complexity index is 590. The highest BCUT2D eigenvalue weighted by Crippen LogP contribution is 2.29. The maximum Gasteiger partial charge on any atom is 0.264 e. The molecule has 1 aromatic heterocycles. The van der Waals surface area contributed by atoms with Gasteiger partial charge in [0.25, 0.3) is 6.43 Å². The Morgan fingerprint density at radius 1 is 1.20 bits per heavy atom.